The fraction of sp³-hybridized carbons (Fsp3) is 0.364. The van der Waals surface area contributed by atoms with Gasteiger partial charge in [-0.3, -0.25) is 4.79 Å². The van der Waals surface area contributed by atoms with Gasteiger partial charge >= 0.3 is 0 Å². The Morgan fingerprint density at radius 3 is 2.81 bits per heavy atom. The molecule has 16 heavy (non-hydrogen) atoms. The first-order valence-corrected chi connectivity index (χ1v) is 6.63. The van der Waals surface area contributed by atoms with Crippen LogP contribution in [0.25, 0.3) is 0 Å². The number of carbonyl (C=O) groups excluding carboxylic acids is 1. The highest BCUT2D eigenvalue weighted by Crippen LogP contribution is 2.19. The van der Waals surface area contributed by atoms with Gasteiger partial charge in [-0.2, -0.15) is 0 Å². The zero-order valence-corrected chi connectivity index (χ0v) is 11.9. The molecule has 88 valence electrons. The third kappa shape index (κ3) is 3.56. The largest absolute Gasteiger partial charge is 0.351 e. The van der Waals surface area contributed by atoms with Gasteiger partial charge in [0.1, 0.15) is 5.82 Å². The fourth-order valence-corrected chi connectivity index (χ4v) is 1.83. The highest BCUT2D eigenvalue weighted by atomic mass is 79.9. The van der Waals surface area contributed by atoms with Crippen LogP contribution in [0.5, 0.6) is 0 Å². The maximum Gasteiger partial charge on any atom is 0.255 e. The van der Waals surface area contributed by atoms with Crippen molar-refractivity contribution in [3.63, 3.8) is 0 Å². The van der Waals surface area contributed by atoms with Gasteiger partial charge in [-0.15, -0.1) is 0 Å². The minimum atomic E-state index is -0.519. The fourth-order valence-electron chi connectivity index (χ4n) is 1.15. The number of halogens is 3. The van der Waals surface area contributed by atoms with Gasteiger partial charge in [-0.05, 0) is 34.5 Å². The first kappa shape index (κ1) is 13.6. The van der Waals surface area contributed by atoms with E-state index in [1.165, 1.54) is 6.07 Å². The van der Waals surface area contributed by atoms with Crippen LogP contribution in [0.3, 0.4) is 0 Å². The van der Waals surface area contributed by atoms with Crippen LogP contribution in [0.15, 0.2) is 22.7 Å². The van der Waals surface area contributed by atoms with Gasteiger partial charge in [0.15, 0.2) is 0 Å². The molecule has 5 heteroatoms. The van der Waals surface area contributed by atoms with Crippen LogP contribution >= 0.6 is 31.9 Å². The van der Waals surface area contributed by atoms with Crippen LogP contribution < -0.4 is 5.32 Å². The van der Waals surface area contributed by atoms with Crippen molar-refractivity contribution in [1.29, 1.82) is 0 Å². The lowest BCUT2D eigenvalue weighted by Gasteiger charge is -2.10. The van der Waals surface area contributed by atoms with E-state index in [9.17, 15) is 9.18 Å². The Morgan fingerprint density at radius 2 is 2.25 bits per heavy atom. The Hall–Kier alpha value is -0.420. The summed E-state index contributed by atoms with van der Waals surface area (Å²) in [6.07, 6.45) is 0.902. The maximum absolute atomic E-state index is 13.4. The summed E-state index contributed by atoms with van der Waals surface area (Å²) in [6.45, 7) is 2.49. The van der Waals surface area contributed by atoms with Crippen molar-refractivity contribution in [3.8, 4) is 0 Å². The molecule has 0 fully saturated rings. The van der Waals surface area contributed by atoms with Crippen LogP contribution in [0.1, 0.15) is 23.7 Å². The van der Waals surface area contributed by atoms with Crippen molar-refractivity contribution in [1.82, 2.24) is 5.32 Å². The summed E-state index contributed by atoms with van der Waals surface area (Å²) in [5, 5.41) is 2.68. The lowest BCUT2D eigenvalue weighted by Crippen LogP contribution is -2.30. The quantitative estimate of drug-likeness (QED) is 0.825. The van der Waals surface area contributed by atoms with Gasteiger partial charge in [0.25, 0.3) is 5.91 Å². The van der Waals surface area contributed by atoms with E-state index in [4.69, 9.17) is 0 Å². The summed E-state index contributed by atoms with van der Waals surface area (Å²) in [6, 6.07) is 4.46. The molecule has 0 saturated carbocycles. The van der Waals surface area contributed by atoms with E-state index in [0.717, 1.165) is 6.42 Å². The molecule has 0 spiro atoms. The average molecular weight is 353 g/mol. The second-order valence-electron chi connectivity index (χ2n) is 3.31. The Balaban J connectivity index is 2.73. The smallest absolute Gasteiger partial charge is 0.255 e. The topological polar surface area (TPSA) is 29.1 Å². The number of amides is 1. The Morgan fingerprint density at radius 1 is 1.56 bits per heavy atom. The summed E-state index contributed by atoms with van der Waals surface area (Å²) >= 11 is 6.55. The molecule has 1 amide bonds. The molecule has 1 aromatic carbocycles. The molecule has 1 unspecified atom stereocenters. The molecular weight excluding hydrogens is 341 g/mol. The normalized spacial score (nSPS) is 12.2. The van der Waals surface area contributed by atoms with Crippen LogP contribution in [0.4, 0.5) is 4.39 Å². The molecular formula is C11H12Br2FNO. The van der Waals surface area contributed by atoms with E-state index in [-0.39, 0.29) is 10.4 Å². The van der Waals surface area contributed by atoms with Crippen molar-refractivity contribution >= 4 is 37.8 Å². The second kappa shape index (κ2) is 6.35. The van der Waals surface area contributed by atoms with Gasteiger partial charge in [-0.1, -0.05) is 28.9 Å². The number of hydrogen-bond donors (Lipinski definition) is 1. The molecule has 1 rings (SSSR count). The van der Waals surface area contributed by atoms with E-state index < -0.39 is 11.7 Å². The maximum atomic E-state index is 13.4. The molecule has 1 atom stereocenters. The molecule has 0 heterocycles. The predicted molar refractivity (Wildman–Crippen MR) is 69.4 cm³/mol. The number of nitrogens with one attached hydrogen (secondary N) is 1. The minimum Gasteiger partial charge on any atom is -0.351 e. The number of carbonyl (C=O) groups is 1. The Bertz CT molecular complexity index is 364. The van der Waals surface area contributed by atoms with Crippen molar-refractivity contribution in [2.45, 2.75) is 18.2 Å². The third-order valence-electron chi connectivity index (χ3n) is 2.12. The SMILES string of the molecule is CCC(Br)CNC(=O)c1c(F)cccc1Br. The zero-order chi connectivity index (χ0) is 12.1. The summed E-state index contributed by atoms with van der Waals surface area (Å²) < 4.78 is 13.9. The molecule has 0 aliphatic heterocycles. The zero-order valence-electron chi connectivity index (χ0n) is 8.77. The summed E-state index contributed by atoms with van der Waals surface area (Å²) in [5.74, 6) is -0.919. The van der Waals surface area contributed by atoms with E-state index in [2.05, 4.69) is 37.2 Å². The second-order valence-corrected chi connectivity index (χ2v) is 5.46. The lowest BCUT2D eigenvalue weighted by molar-refractivity contribution is 0.0949. The van der Waals surface area contributed by atoms with Crippen LogP contribution in [0.2, 0.25) is 0 Å². The van der Waals surface area contributed by atoms with Crippen molar-refractivity contribution in [3.05, 3.63) is 34.1 Å². The number of hydrogen-bond acceptors (Lipinski definition) is 1. The van der Waals surface area contributed by atoms with Crippen LogP contribution in [-0.2, 0) is 0 Å². The van der Waals surface area contributed by atoms with Crippen LogP contribution in [0, 0.1) is 5.82 Å². The monoisotopic (exact) mass is 351 g/mol. The van der Waals surface area contributed by atoms with E-state index in [1.54, 1.807) is 12.1 Å². The molecule has 0 saturated heterocycles. The van der Waals surface area contributed by atoms with Gasteiger partial charge in [0.05, 0.1) is 5.56 Å². The highest BCUT2D eigenvalue weighted by Gasteiger charge is 2.15. The summed E-state index contributed by atoms with van der Waals surface area (Å²) in [7, 11) is 0. The molecule has 0 aliphatic carbocycles. The van der Waals surface area contributed by atoms with Crippen molar-refractivity contribution < 1.29 is 9.18 Å². The molecule has 0 bridgehead atoms. The van der Waals surface area contributed by atoms with E-state index >= 15 is 0 Å². The predicted octanol–water partition coefficient (Wildman–Crippen LogP) is 3.49. The summed E-state index contributed by atoms with van der Waals surface area (Å²) in [5.41, 5.74) is 0.0540. The molecule has 1 N–H and O–H groups in total. The number of benzene rings is 1. The first-order chi connectivity index (χ1) is 7.56. The van der Waals surface area contributed by atoms with Crippen LogP contribution in [-0.4, -0.2) is 17.3 Å². The standard InChI is InChI=1S/C11H12Br2FNO/c1-2-7(12)6-15-11(16)10-8(13)4-3-5-9(10)14/h3-5,7H,2,6H2,1H3,(H,15,16). The average Bonchev–Trinajstić information content (AvgIpc) is 2.25. The van der Waals surface area contributed by atoms with E-state index in [1.807, 2.05) is 6.92 Å². The van der Waals surface area contributed by atoms with Gasteiger partial charge < -0.3 is 5.32 Å². The highest BCUT2D eigenvalue weighted by molar-refractivity contribution is 9.10. The minimum absolute atomic E-state index is 0.0540. The molecule has 1 aromatic rings. The first-order valence-electron chi connectivity index (χ1n) is 4.92. The van der Waals surface area contributed by atoms with Crippen molar-refractivity contribution in [2.75, 3.05) is 6.54 Å². The number of alkyl halides is 1. The number of rotatable bonds is 4. The van der Waals surface area contributed by atoms with E-state index in [0.29, 0.717) is 11.0 Å². The molecule has 0 aliphatic rings. The third-order valence-corrected chi connectivity index (χ3v) is 3.75. The Kier molecular flexibility index (Phi) is 5.41. The van der Waals surface area contributed by atoms with Gasteiger partial charge in [-0.25, -0.2) is 4.39 Å². The molecule has 0 radical (unpaired) electrons. The van der Waals surface area contributed by atoms with Gasteiger partial charge in [0.2, 0.25) is 0 Å². The van der Waals surface area contributed by atoms with Crippen molar-refractivity contribution in [2.24, 2.45) is 0 Å². The molecule has 0 aromatic heterocycles. The lowest BCUT2D eigenvalue weighted by atomic mass is 10.2. The van der Waals surface area contributed by atoms with Gasteiger partial charge in [0, 0.05) is 15.8 Å². The Labute approximate surface area is 111 Å². The molecule has 2 nitrogen and oxygen atoms in total. The summed E-state index contributed by atoms with van der Waals surface area (Å²) in [4.78, 5) is 11.9.